The smallest absolute Gasteiger partial charge is 0.337 e. The standard InChI is InChI=1S/C14H14ClNO2S/c1-9(6-10-4-5-19-8-10)16-11-2-3-12(14(17)18)13(15)7-11/h2-5,7-9,16H,6H2,1H3,(H,17,18). The summed E-state index contributed by atoms with van der Waals surface area (Å²) >= 11 is 7.61. The van der Waals surface area contributed by atoms with Gasteiger partial charge in [-0.15, -0.1) is 0 Å². The summed E-state index contributed by atoms with van der Waals surface area (Å²) in [5, 5.41) is 16.7. The number of benzene rings is 1. The molecule has 0 radical (unpaired) electrons. The quantitative estimate of drug-likeness (QED) is 0.871. The maximum absolute atomic E-state index is 10.9. The van der Waals surface area contributed by atoms with E-state index in [1.807, 2.05) is 0 Å². The SMILES string of the molecule is CC(Cc1ccsc1)Nc1ccc(C(=O)O)c(Cl)c1. The third-order valence-electron chi connectivity index (χ3n) is 2.73. The highest BCUT2D eigenvalue weighted by molar-refractivity contribution is 7.07. The van der Waals surface area contributed by atoms with E-state index in [0.717, 1.165) is 12.1 Å². The minimum Gasteiger partial charge on any atom is -0.478 e. The Hall–Kier alpha value is -1.52. The second-order valence-corrected chi connectivity index (χ2v) is 5.57. The Kier molecular flexibility index (Phi) is 4.45. The van der Waals surface area contributed by atoms with E-state index in [9.17, 15) is 4.79 Å². The van der Waals surface area contributed by atoms with Crippen LogP contribution in [0.25, 0.3) is 0 Å². The third-order valence-corrected chi connectivity index (χ3v) is 3.78. The van der Waals surface area contributed by atoms with Gasteiger partial charge in [0.2, 0.25) is 0 Å². The molecule has 2 aromatic rings. The van der Waals surface area contributed by atoms with E-state index in [1.165, 1.54) is 11.6 Å². The molecule has 2 rings (SSSR count). The first kappa shape index (κ1) is 13.9. The Balaban J connectivity index is 2.03. The number of rotatable bonds is 5. The van der Waals surface area contributed by atoms with Crippen molar-refractivity contribution in [1.82, 2.24) is 0 Å². The number of nitrogens with one attached hydrogen (secondary N) is 1. The Morgan fingerprint density at radius 2 is 2.26 bits per heavy atom. The van der Waals surface area contributed by atoms with Gasteiger partial charge in [0.05, 0.1) is 10.6 Å². The van der Waals surface area contributed by atoms with Crippen molar-refractivity contribution in [1.29, 1.82) is 0 Å². The molecule has 100 valence electrons. The molecule has 1 aromatic heterocycles. The number of carbonyl (C=O) groups is 1. The molecule has 1 unspecified atom stereocenters. The average molecular weight is 296 g/mol. The van der Waals surface area contributed by atoms with Crippen LogP contribution in [-0.4, -0.2) is 17.1 Å². The molecule has 0 aliphatic rings. The Bertz CT molecular complexity index is 569. The molecule has 0 aliphatic heterocycles. The van der Waals surface area contributed by atoms with Gasteiger partial charge in [0.15, 0.2) is 0 Å². The van der Waals surface area contributed by atoms with Crippen molar-refractivity contribution < 1.29 is 9.90 Å². The summed E-state index contributed by atoms with van der Waals surface area (Å²) in [6, 6.07) is 7.25. The van der Waals surface area contributed by atoms with E-state index in [1.54, 1.807) is 23.5 Å². The monoisotopic (exact) mass is 295 g/mol. The molecule has 0 spiro atoms. The third kappa shape index (κ3) is 3.72. The second kappa shape index (κ2) is 6.08. The highest BCUT2D eigenvalue weighted by Gasteiger charge is 2.10. The number of hydrogen-bond donors (Lipinski definition) is 2. The van der Waals surface area contributed by atoms with Gasteiger partial charge >= 0.3 is 5.97 Å². The van der Waals surface area contributed by atoms with Crippen molar-refractivity contribution in [3.05, 3.63) is 51.2 Å². The van der Waals surface area contributed by atoms with Gasteiger partial charge in [0.1, 0.15) is 0 Å². The van der Waals surface area contributed by atoms with Crippen molar-refractivity contribution >= 4 is 34.6 Å². The molecule has 0 bridgehead atoms. The molecular formula is C14H14ClNO2S. The van der Waals surface area contributed by atoms with Crippen LogP contribution in [0.15, 0.2) is 35.0 Å². The van der Waals surface area contributed by atoms with Crippen molar-refractivity contribution in [2.45, 2.75) is 19.4 Å². The molecule has 0 fully saturated rings. The second-order valence-electron chi connectivity index (χ2n) is 4.38. The largest absolute Gasteiger partial charge is 0.478 e. The molecule has 0 saturated heterocycles. The summed E-state index contributed by atoms with van der Waals surface area (Å²) in [5.74, 6) is -1.01. The number of aromatic carboxylic acids is 1. The number of hydrogen-bond acceptors (Lipinski definition) is 3. The summed E-state index contributed by atoms with van der Waals surface area (Å²) in [6.07, 6.45) is 0.918. The van der Waals surface area contributed by atoms with Gasteiger partial charge in [-0.05, 0) is 53.9 Å². The summed E-state index contributed by atoms with van der Waals surface area (Å²) in [4.78, 5) is 10.9. The average Bonchev–Trinajstić information content (AvgIpc) is 2.81. The zero-order valence-corrected chi connectivity index (χ0v) is 12.0. The number of carboxylic acids is 1. The summed E-state index contributed by atoms with van der Waals surface area (Å²) in [5.41, 5.74) is 2.24. The van der Waals surface area contributed by atoms with Crippen molar-refractivity contribution in [2.75, 3.05) is 5.32 Å². The molecule has 1 aromatic carbocycles. The fourth-order valence-electron chi connectivity index (χ4n) is 1.88. The van der Waals surface area contributed by atoms with Gasteiger partial charge < -0.3 is 10.4 Å². The van der Waals surface area contributed by atoms with Crippen LogP contribution in [0.1, 0.15) is 22.8 Å². The van der Waals surface area contributed by atoms with Crippen molar-refractivity contribution in [3.63, 3.8) is 0 Å². The Labute approximate surface area is 120 Å². The number of thiophene rings is 1. The van der Waals surface area contributed by atoms with E-state index in [0.29, 0.717) is 0 Å². The lowest BCUT2D eigenvalue weighted by atomic mass is 10.1. The topological polar surface area (TPSA) is 49.3 Å². The molecule has 5 heteroatoms. The highest BCUT2D eigenvalue weighted by Crippen LogP contribution is 2.22. The van der Waals surface area contributed by atoms with E-state index in [2.05, 4.69) is 29.1 Å². The predicted molar refractivity (Wildman–Crippen MR) is 79.5 cm³/mol. The summed E-state index contributed by atoms with van der Waals surface area (Å²) < 4.78 is 0. The summed E-state index contributed by atoms with van der Waals surface area (Å²) in [6.45, 7) is 2.08. The van der Waals surface area contributed by atoms with Crippen LogP contribution in [0.3, 0.4) is 0 Å². The first-order chi connectivity index (χ1) is 9.06. The van der Waals surface area contributed by atoms with E-state index >= 15 is 0 Å². The van der Waals surface area contributed by atoms with Crippen molar-refractivity contribution in [2.24, 2.45) is 0 Å². The van der Waals surface area contributed by atoms with Crippen LogP contribution in [0.4, 0.5) is 5.69 Å². The van der Waals surface area contributed by atoms with Gasteiger partial charge in [-0.2, -0.15) is 11.3 Å². The van der Waals surface area contributed by atoms with Crippen LogP contribution in [0, 0.1) is 0 Å². The Morgan fingerprint density at radius 3 is 2.84 bits per heavy atom. The van der Waals surface area contributed by atoms with Gasteiger partial charge in [0.25, 0.3) is 0 Å². The molecule has 19 heavy (non-hydrogen) atoms. The maximum atomic E-state index is 10.9. The molecule has 0 aliphatic carbocycles. The molecule has 0 amide bonds. The number of anilines is 1. The van der Waals surface area contributed by atoms with Gasteiger partial charge in [-0.1, -0.05) is 11.6 Å². The van der Waals surface area contributed by atoms with Crippen LogP contribution >= 0.6 is 22.9 Å². The minimum atomic E-state index is -1.01. The van der Waals surface area contributed by atoms with Crippen LogP contribution in [0.5, 0.6) is 0 Å². The van der Waals surface area contributed by atoms with Crippen molar-refractivity contribution in [3.8, 4) is 0 Å². The van der Waals surface area contributed by atoms with Crippen LogP contribution in [0.2, 0.25) is 5.02 Å². The fourth-order valence-corrected chi connectivity index (χ4v) is 2.82. The van der Waals surface area contributed by atoms with Gasteiger partial charge in [-0.3, -0.25) is 0 Å². The molecule has 1 heterocycles. The molecule has 2 N–H and O–H groups in total. The Morgan fingerprint density at radius 1 is 1.47 bits per heavy atom. The van der Waals surface area contributed by atoms with E-state index in [-0.39, 0.29) is 16.6 Å². The maximum Gasteiger partial charge on any atom is 0.337 e. The zero-order valence-electron chi connectivity index (χ0n) is 10.4. The van der Waals surface area contributed by atoms with Gasteiger partial charge in [0, 0.05) is 11.7 Å². The minimum absolute atomic E-state index is 0.123. The number of carboxylic acid groups (broad SMARTS) is 1. The highest BCUT2D eigenvalue weighted by atomic mass is 35.5. The first-order valence-electron chi connectivity index (χ1n) is 5.86. The van der Waals surface area contributed by atoms with E-state index < -0.39 is 5.97 Å². The fraction of sp³-hybridized carbons (Fsp3) is 0.214. The van der Waals surface area contributed by atoms with E-state index in [4.69, 9.17) is 16.7 Å². The molecule has 0 saturated carbocycles. The lowest BCUT2D eigenvalue weighted by Crippen LogP contribution is -2.17. The number of halogens is 1. The predicted octanol–water partition coefficient (Wildman–Crippen LogP) is 4.14. The van der Waals surface area contributed by atoms with Gasteiger partial charge in [-0.25, -0.2) is 4.79 Å². The molecule has 3 nitrogen and oxygen atoms in total. The normalized spacial score (nSPS) is 12.1. The van der Waals surface area contributed by atoms with Crippen LogP contribution in [-0.2, 0) is 6.42 Å². The first-order valence-corrected chi connectivity index (χ1v) is 7.19. The van der Waals surface area contributed by atoms with Crippen LogP contribution < -0.4 is 5.32 Å². The molecule has 1 atom stereocenters. The lowest BCUT2D eigenvalue weighted by Gasteiger charge is -2.15. The molecular weight excluding hydrogens is 282 g/mol. The lowest BCUT2D eigenvalue weighted by molar-refractivity contribution is 0.0697. The zero-order chi connectivity index (χ0) is 13.8. The summed E-state index contributed by atoms with van der Waals surface area (Å²) in [7, 11) is 0.